The predicted octanol–water partition coefficient (Wildman–Crippen LogP) is 1.31. The van der Waals surface area contributed by atoms with Crippen molar-refractivity contribution in [3.05, 3.63) is 51.9 Å². The summed E-state index contributed by atoms with van der Waals surface area (Å²) in [6.07, 6.45) is 1.35. The third-order valence-corrected chi connectivity index (χ3v) is 2.93. The number of hydrogen-bond donors (Lipinski definition) is 2. The Morgan fingerprint density at radius 2 is 2.05 bits per heavy atom. The van der Waals surface area contributed by atoms with E-state index >= 15 is 0 Å². The van der Waals surface area contributed by atoms with Crippen LogP contribution in [0.3, 0.4) is 0 Å². The number of benzene rings is 1. The van der Waals surface area contributed by atoms with Crippen LogP contribution in [0.5, 0.6) is 0 Å². The van der Waals surface area contributed by atoms with Crippen LogP contribution in [0, 0.1) is 6.92 Å². The number of H-pyrrole nitrogens is 1. The van der Waals surface area contributed by atoms with Crippen molar-refractivity contribution in [1.82, 2.24) is 15.1 Å². The molecule has 1 aromatic heterocycles. The van der Waals surface area contributed by atoms with Crippen LogP contribution >= 0.6 is 12.2 Å². The lowest BCUT2D eigenvalue weighted by molar-refractivity contribution is -0.117. The summed E-state index contributed by atoms with van der Waals surface area (Å²) in [5.74, 6) is -0.301. The topological polar surface area (TPSA) is 79.2 Å². The highest BCUT2D eigenvalue weighted by Crippen LogP contribution is 2.05. The van der Waals surface area contributed by atoms with Crippen molar-refractivity contribution in [2.75, 3.05) is 0 Å². The van der Waals surface area contributed by atoms with E-state index in [0.717, 1.165) is 5.69 Å². The van der Waals surface area contributed by atoms with Gasteiger partial charge in [0, 0.05) is 18.8 Å². The first-order chi connectivity index (χ1) is 9.99. The van der Waals surface area contributed by atoms with E-state index in [0.29, 0.717) is 11.3 Å². The first-order valence-electron chi connectivity index (χ1n) is 6.21. The first kappa shape index (κ1) is 14.9. The van der Waals surface area contributed by atoms with Crippen molar-refractivity contribution < 1.29 is 4.79 Å². The molecule has 0 fully saturated rings. The molecule has 108 valence electrons. The summed E-state index contributed by atoms with van der Waals surface area (Å²) in [5.41, 5.74) is 1.56. The van der Waals surface area contributed by atoms with Crippen LogP contribution in [0.25, 0.3) is 5.69 Å². The lowest BCUT2D eigenvalue weighted by Crippen LogP contribution is -2.25. The highest BCUT2D eigenvalue weighted by molar-refractivity contribution is 7.80. The monoisotopic (exact) mass is 302 g/mol. The smallest absolute Gasteiger partial charge is 0.280 e. The van der Waals surface area contributed by atoms with Crippen molar-refractivity contribution in [2.24, 2.45) is 4.99 Å². The van der Waals surface area contributed by atoms with Gasteiger partial charge in [-0.3, -0.25) is 14.7 Å². The molecule has 0 spiro atoms. The third kappa shape index (κ3) is 3.51. The van der Waals surface area contributed by atoms with Crippen LogP contribution in [0.4, 0.5) is 0 Å². The van der Waals surface area contributed by atoms with Gasteiger partial charge in [0.1, 0.15) is 0 Å². The van der Waals surface area contributed by atoms with Crippen molar-refractivity contribution in [1.29, 1.82) is 0 Å². The lowest BCUT2D eigenvalue weighted by Gasteiger charge is -1.99. The number of aryl methyl sites for hydroxylation is 1. The molecule has 0 saturated heterocycles. The number of amides is 1. The van der Waals surface area contributed by atoms with E-state index in [1.54, 1.807) is 6.92 Å². The Labute approximate surface area is 126 Å². The summed E-state index contributed by atoms with van der Waals surface area (Å²) in [5, 5.41) is 5.36. The van der Waals surface area contributed by atoms with E-state index in [-0.39, 0.29) is 16.6 Å². The Bertz CT molecular complexity index is 759. The fourth-order valence-electron chi connectivity index (χ4n) is 1.78. The third-order valence-electron chi connectivity index (χ3n) is 2.73. The van der Waals surface area contributed by atoms with E-state index < -0.39 is 0 Å². The largest absolute Gasteiger partial charge is 0.302 e. The molecule has 2 aromatic rings. The van der Waals surface area contributed by atoms with Gasteiger partial charge in [-0.05, 0) is 31.3 Å². The average Bonchev–Trinajstić information content (AvgIpc) is 2.72. The molecular weight excluding hydrogens is 288 g/mol. The van der Waals surface area contributed by atoms with Crippen molar-refractivity contribution in [3.63, 3.8) is 0 Å². The molecule has 0 bridgehead atoms. The number of hydrogen-bond acceptors (Lipinski definition) is 3. The Morgan fingerprint density at radius 1 is 1.38 bits per heavy atom. The molecule has 0 radical (unpaired) electrons. The molecule has 0 aliphatic carbocycles. The van der Waals surface area contributed by atoms with Gasteiger partial charge in [0.05, 0.1) is 11.3 Å². The fraction of sp³-hybridized carbons (Fsp3) is 0.143. The maximum atomic E-state index is 12.3. The quantitative estimate of drug-likeness (QED) is 0.648. The summed E-state index contributed by atoms with van der Waals surface area (Å²) >= 11 is 4.87. The van der Waals surface area contributed by atoms with Gasteiger partial charge >= 0.3 is 0 Å². The summed E-state index contributed by atoms with van der Waals surface area (Å²) in [7, 11) is 0. The SMILES string of the molecule is CC(=O)NC(=S)N=Cc1c(C)[nH]n(-c2ccccc2)c1=O. The minimum Gasteiger partial charge on any atom is -0.302 e. The second kappa shape index (κ2) is 6.27. The molecule has 0 unspecified atom stereocenters. The average molecular weight is 302 g/mol. The summed E-state index contributed by atoms with van der Waals surface area (Å²) in [6.45, 7) is 3.11. The number of para-hydroxylation sites is 1. The maximum Gasteiger partial charge on any atom is 0.280 e. The van der Waals surface area contributed by atoms with Gasteiger partial charge in [0.2, 0.25) is 5.91 Å². The standard InChI is InChI=1S/C14H14N4O2S/c1-9-12(8-15-14(21)16-10(2)19)13(20)18(17-9)11-6-4-3-5-7-11/h3-8,17H,1-2H3,(H,16,19,21). The van der Waals surface area contributed by atoms with E-state index in [2.05, 4.69) is 15.4 Å². The lowest BCUT2D eigenvalue weighted by atomic mass is 10.3. The predicted molar refractivity (Wildman–Crippen MR) is 85.1 cm³/mol. The Balaban J connectivity index is 2.33. The van der Waals surface area contributed by atoms with Crippen LogP contribution in [0.15, 0.2) is 40.1 Å². The fourth-order valence-corrected chi connectivity index (χ4v) is 1.97. The molecule has 6 nitrogen and oxygen atoms in total. The number of nitrogens with zero attached hydrogens (tertiary/aromatic N) is 2. The van der Waals surface area contributed by atoms with Crippen LogP contribution in [-0.2, 0) is 4.79 Å². The zero-order valence-corrected chi connectivity index (χ0v) is 12.4. The van der Waals surface area contributed by atoms with E-state index in [4.69, 9.17) is 12.2 Å². The van der Waals surface area contributed by atoms with E-state index in [1.807, 2.05) is 30.3 Å². The van der Waals surface area contributed by atoms with Crippen molar-refractivity contribution >= 4 is 29.5 Å². The first-order valence-corrected chi connectivity index (χ1v) is 6.62. The van der Waals surface area contributed by atoms with Gasteiger partial charge < -0.3 is 5.32 Å². The molecule has 1 aromatic carbocycles. The Morgan fingerprint density at radius 3 is 2.67 bits per heavy atom. The molecule has 0 saturated carbocycles. The summed E-state index contributed by atoms with van der Waals surface area (Å²) in [4.78, 5) is 27.1. The zero-order valence-electron chi connectivity index (χ0n) is 11.6. The van der Waals surface area contributed by atoms with Gasteiger partial charge in [0.15, 0.2) is 5.11 Å². The molecule has 2 N–H and O–H groups in total. The van der Waals surface area contributed by atoms with Crippen molar-refractivity contribution in [2.45, 2.75) is 13.8 Å². The molecule has 7 heteroatoms. The summed E-state index contributed by atoms with van der Waals surface area (Å²) in [6, 6.07) is 9.20. The Hall–Kier alpha value is -2.54. The zero-order chi connectivity index (χ0) is 15.4. The van der Waals surface area contributed by atoms with E-state index in [1.165, 1.54) is 17.8 Å². The number of aliphatic imine (C=N–C) groups is 1. The number of aromatic nitrogens is 2. The van der Waals surface area contributed by atoms with Gasteiger partial charge in [0.25, 0.3) is 5.56 Å². The molecule has 0 aliphatic heterocycles. The molecule has 21 heavy (non-hydrogen) atoms. The van der Waals surface area contributed by atoms with Crippen molar-refractivity contribution in [3.8, 4) is 5.69 Å². The number of aromatic amines is 1. The number of carbonyl (C=O) groups is 1. The molecule has 1 amide bonds. The van der Waals surface area contributed by atoms with Crippen LogP contribution in [0.1, 0.15) is 18.2 Å². The van der Waals surface area contributed by atoms with E-state index in [9.17, 15) is 9.59 Å². The van der Waals surface area contributed by atoms with Crippen LogP contribution in [-0.4, -0.2) is 27.0 Å². The second-order valence-electron chi connectivity index (χ2n) is 4.37. The normalized spacial score (nSPS) is 10.8. The number of rotatable bonds is 2. The molecule has 0 atom stereocenters. The number of nitrogens with one attached hydrogen (secondary N) is 2. The number of thiocarbonyl (C=S) groups is 1. The Kier molecular flexibility index (Phi) is 4.44. The molecule has 0 aliphatic rings. The minimum absolute atomic E-state index is 0.0220. The van der Waals surface area contributed by atoms with Crippen LogP contribution in [0.2, 0.25) is 0 Å². The maximum absolute atomic E-state index is 12.3. The van der Waals surface area contributed by atoms with Gasteiger partial charge in [-0.2, -0.15) is 0 Å². The van der Waals surface area contributed by atoms with Gasteiger partial charge in [-0.25, -0.2) is 9.67 Å². The molecule has 1 heterocycles. The van der Waals surface area contributed by atoms with Gasteiger partial charge in [-0.1, -0.05) is 18.2 Å². The van der Waals surface area contributed by atoms with Gasteiger partial charge in [-0.15, -0.1) is 0 Å². The minimum atomic E-state index is -0.301. The van der Waals surface area contributed by atoms with Crippen LogP contribution < -0.4 is 10.9 Å². The highest BCUT2D eigenvalue weighted by atomic mass is 32.1. The number of carbonyl (C=O) groups excluding carboxylic acids is 1. The highest BCUT2D eigenvalue weighted by Gasteiger charge is 2.10. The molecule has 2 rings (SSSR count). The second-order valence-corrected chi connectivity index (χ2v) is 4.76. The summed E-state index contributed by atoms with van der Waals surface area (Å²) < 4.78 is 1.43. The molecular formula is C14H14N4O2S.